The number of benzene rings is 1. The number of aromatic amines is 1. The molecule has 1 saturated heterocycles. The fourth-order valence-corrected chi connectivity index (χ4v) is 3.22. The number of hydrogen-bond acceptors (Lipinski definition) is 5. The van der Waals surface area contributed by atoms with Gasteiger partial charge in [0.1, 0.15) is 5.52 Å². The second kappa shape index (κ2) is 6.54. The van der Waals surface area contributed by atoms with Crippen LogP contribution >= 0.6 is 11.6 Å². The zero-order chi connectivity index (χ0) is 18.3. The average molecular weight is 374 g/mol. The maximum Gasteiger partial charge on any atom is 0.327 e. The number of amides is 1. The van der Waals surface area contributed by atoms with Gasteiger partial charge in [-0.1, -0.05) is 11.6 Å². The Hall–Kier alpha value is -2.71. The molecule has 1 atom stereocenters. The molecule has 134 valence electrons. The summed E-state index contributed by atoms with van der Waals surface area (Å²) in [6, 6.07) is 6.88. The summed E-state index contributed by atoms with van der Waals surface area (Å²) in [5, 5.41) is 0.571. The highest BCUT2D eigenvalue weighted by molar-refractivity contribution is 6.30. The number of H-pyrrole nitrogens is 1. The third-order valence-corrected chi connectivity index (χ3v) is 4.62. The van der Waals surface area contributed by atoms with Gasteiger partial charge in [-0.15, -0.1) is 0 Å². The molecule has 9 heteroatoms. The van der Waals surface area contributed by atoms with Crippen LogP contribution in [0.4, 0.5) is 0 Å². The highest BCUT2D eigenvalue weighted by atomic mass is 35.5. The number of fused-ring (bicyclic) bond motifs is 1. The lowest BCUT2D eigenvalue weighted by molar-refractivity contribution is 0.0970. The van der Waals surface area contributed by atoms with Gasteiger partial charge in [-0.05, 0) is 37.1 Å². The smallest absolute Gasteiger partial charge is 0.327 e. The molecule has 4 rings (SSSR count). The molecule has 1 aromatic carbocycles. The molecule has 0 saturated carbocycles. The standard InChI is InChI=1S/C17H16ClN5O3/c18-10-5-3-9(4-6-10)15-20-12(14(19)24)13-16(22-15)23(17(25)21-13)8-11-2-1-7-26-11/h3-6,11H,1-2,7-8H2,(H2,19,24)(H,21,25). The zero-order valence-electron chi connectivity index (χ0n) is 13.7. The van der Waals surface area contributed by atoms with Crippen molar-refractivity contribution in [3.05, 3.63) is 45.5 Å². The van der Waals surface area contributed by atoms with E-state index < -0.39 is 5.91 Å². The first kappa shape index (κ1) is 16.7. The van der Waals surface area contributed by atoms with Crippen LogP contribution in [0.5, 0.6) is 0 Å². The van der Waals surface area contributed by atoms with Crippen LogP contribution in [0.25, 0.3) is 22.6 Å². The molecule has 1 aliphatic rings. The van der Waals surface area contributed by atoms with Gasteiger partial charge in [0.25, 0.3) is 5.91 Å². The van der Waals surface area contributed by atoms with Crippen molar-refractivity contribution >= 4 is 28.7 Å². The van der Waals surface area contributed by atoms with Gasteiger partial charge in [0, 0.05) is 17.2 Å². The monoisotopic (exact) mass is 373 g/mol. The number of ether oxygens (including phenoxy) is 1. The van der Waals surface area contributed by atoms with Crippen molar-refractivity contribution in [2.75, 3.05) is 6.61 Å². The topological polar surface area (TPSA) is 116 Å². The maximum atomic E-state index is 12.4. The molecule has 0 aliphatic carbocycles. The van der Waals surface area contributed by atoms with Gasteiger partial charge in [-0.3, -0.25) is 9.36 Å². The summed E-state index contributed by atoms with van der Waals surface area (Å²) in [4.78, 5) is 35.7. The van der Waals surface area contributed by atoms with E-state index in [0.717, 1.165) is 12.8 Å². The van der Waals surface area contributed by atoms with Crippen molar-refractivity contribution in [2.24, 2.45) is 5.73 Å². The Bertz CT molecular complexity index is 1030. The van der Waals surface area contributed by atoms with E-state index in [0.29, 0.717) is 35.2 Å². The van der Waals surface area contributed by atoms with Crippen LogP contribution in [0.3, 0.4) is 0 Å². The first-order chi connectivity index (χ1) is 12.5. The second-order valence-electron chi connectivity index (χ2n) is 6.14. The summed E-state index contributed by atoms with van der Waals surface area (Å²) in [5.74, 6) is -0.443. The molecule has 3 N–H and O–H groups in total. The summed E-state index contributed by atoms with van der Waals surface area (Å²) >= 11 is 5.92. The Morgan fingerprint density at radius 3 is 2.77 bits per heavy atom. The molecule has 3 heterocycles. The van der Waals surface area contributed by atoms with E-state index in [9.17, 15) is 9.59 Å². The van der Waals surface area contributed by atoms with Gasteiger partial charge in [0.2, 0.25) is 0 Å². The van der Waals surface area contributed by atoms with E-state index in [1.54, 1.807) is 24.3 Å². The molecule has 1 fully saturated rings. The van der Waals surface area contributed by atoms with Crippen LogP contribution in [0, 0.1) is 0 Å². The fourth-order valence-electron chi connectivity index (χ4n) is 3.10. The number of carbonyl (C=O) groups excluding carboxylic acids is 1. The van der Waals surface area contributed by atoms with Crippen LogP contribution in [-0.2, 0) is 11.3 Å². The molecule has 2 aromatic heterocycles. The van der Waals surface area contributed by atoms with E-state index in [1.165, 1.54) is 4.57 Å². The highest BCUT2D eigenvalue weighted by Gasteiger charge is 2.23. The van der Waals surface area contributed by atoms with Crippen molar-refractivity contribution in [2.45, 2.75) is 25.5 Å². The van der Waals surface area contributed by atoms with Gasteiger partial charge >= 0.3 is 5.69 Å². The number of rotatable bonds is 4. The number of hydrogen-bond donors (Lipinski definition) is 2. The normalized spacial score (nSPS) is 17.0. The van der Waals surface area contributed by atoms with Crippen molar-refractivity contribution < 1.29 is 9.53 Å². The Morgan fingerprint density at radius 1 is 1.35 bits per heavy atom. The van der Waals surface area contributed by atoms with Crippen LogP contribution in [-0.4, -0.2) is 38.1 Å². The summed E-state index contributed by atoms with van der Waals surface area (Å²) in [6.07, 6.45) is 1.77. The van der Waals surface area contributed by atoms with Gasteiger partial charge in [-0.2, -0.15) is 0 Å². The third kappa shape index (κ3) is 2.97. The molecule has 26 heavy (non-hydrogen) atoms. The summed E-state index contributed by atoms with van der Waals surface area (Å²) < 4.78 is 7.08. The van der Waals surface area contributed by atoms with Crippen LogP contribution in [0.2, 0.25) is 5.02 Å². The first-order valence-electron chi connectivity index (χ1n) is 8.21. The van der Waals surface area contributed by atoms with Gasteiger partial charge < -0.3 is 15.5 Å². The molecule has 8 nitrogen and oxygen atoms in total. The zero-order valence-corrected chi connectivity index (χ0v) is 14.5. The van der Waals surface area contributed by atoms with Crippen LogP contribution in [0.1, 0.15) is 23.3 Å². The van der Waals surface area contributed by atoms with E-state index in [4.69, 9.17) is 22.1 Å². The lowest BCUT2D eigenvalue weighted by Crippen LogP contribution is -2.24. The number of primary amides is 1. The largest absolute Gasteiger partial charge is 0.376 e. The Kier molecular flexibility index (Phi) is 4.21. The van der Waals surface area contributed by atoms with Crippen LogP contribution < -0.4 is 11.4 Å². The van der Waals surface area contributed by atoms with E-state index in [2.05, 4.69) is 15.0 Å². The van der Waals surface area contributed by atoms with E-state index in [-0.39, 0.29) is 23.0 Å². The number of nitrogens with zero attached hydrogens (tertiary/aromatic N) is 3. The van der Waals surface area contributed by atoms with Crippen LogP contribution in [0.15, 0.2) is 29.1 Å². The Balaban J connectivity index is 1.90. The minimum absolute atomic E-state index is 0.0249. The van der Waals surface area contributed by atoms with Crippen molar-refractivity contribution in [3.63, 3.8) is 0 Å². The predicted molar refractivity (Wildman–Crippen MR) is 96.1 cm³/mol. The molecule has 1 unspecified atom stereocenters. The Morgan fingerprint density at radius 2 is 2.12 bits per heavy atom. The third-order valence-electron chi connectivity index (χ3n) is 4.37. The minimum atomic E-state index is -0.738. The quantitative estimate of drug-likeness (QED) is 0.722. The lowest BCUT2D eigenvalue weighted by atomic mass is 10.2. The highest BCUT2D eigenvalue weighted by Crippen LogP contribution is 2.23. The molecule has 0 bridgehead atoms. The van der Waals surface area contributed by atoms with E-state index in [1.807, 2.05) is 0 Å². The fraction of sp³-hybridized carbons (Fsp3) is 0.294. The Labute approximate surface area is 153 Å². The first-order valence-corrected chi connectivity index (χ1v) is 8.58. The number of imidazole rings is 1. The average Bonchev–Trinajstić information content (AvgIpc) is 3.23. The molecular formula is C17H16ClN5O3. The van der Waals surface area contributed by atoms with E-state index >= 15 is 0 Å². The number of nitrogens with two attached hydrogens (primary N) is 1. The van der Waals surface area contributed by atoms with Crippen molar-refractivity contribution in [1.29, 1.82) is 0 Å². The number of aromatic nitrogens is 4. The van der Waals surface area contributed by atoms with Crippen molar-refractivity contribution in [3.8, 4) is 11.4 Å². The summed E-state index contributed by atoms with van der Waals surface area (Å²) in [5.41, 5.74) is 6.30. The molecule has 0 spiro atoms. The number of carbonyl (C=O) groups is 1. The molecule has 0 radical (unpaired) electrons. The molecule has 3 aromatic rings. The summed E-state index contributed by atoms with van der Waals surface area (Å²) in [6.45, 7) is 1.04. The van der Waals surface area contributed by atoms with Gasteiger partial charge in [0.05, 0.1) is 12.6 Å². The van der Waals surface area contributed by atoms with Gasteiger partial charge in [-0.25, -0.2) is 14.8 Å². The SMILES string of the molecule is NC(=O)c1nc(-c2ccc(Cl)cc2)nc2c1[nH]c(=O)n2CC1CCCO1. The number of halogens is 1. The minimum Gasteiger partial charge on any atom is -0.376 e. The molecule has 1 aliphatic heterocycles. The molecular weight excluding hydrogens is 358 g/mol. The second-order valence-corrected chi connectivity index (χ2v) is 6.58. The molecule has 1 amide bonds. The predicted octanol–water partition coefficient (Wildman–Crippen LogP) is 1.72. The summed E-state index contributed by atoms with van der Waals surface area (Å²) in [7, 11) is 0. The number of nitrogens with one attached hydrogen (secondary N) is 1. The van der Waals surface area contributed by atoms with Crippen molar-refractivity contribution in [1.82, 2.24) is 19.5 Å². The lowest BCUT2D eigenvalue weighted by Gasteiger charge is -2.10. The maximum absolute atomic E-state index is 12.4. The van der Waals surface area contributed by atoms with Gasteiger partial charge in [0.15, 0.2) is 17.2 Å².